The van der Waals surface area contributed by atoms with Gasteiger partial charge in [0.05, 0.1) is 0 Å². The standard InChI is InChI=1S/C21H23NO/c1-16-7-9-18(10-8-16)19-13-20(15-21(23)14-19)22-12-11-17-5-3-2-4-6-17/h2-10,19H,11-15H2,1H3/t19-/m1/s1. The molecular weight excluding hydrogens is 282 g/mol. The molecule has 0 unspecified atom stereocenters. The van der Waals surface area contributed by atoms with E-state index in [1.165, 1.54) is 16.7 Å². The maximum atomic E-state index is 12.1. The van der Waals surface area contributed by atoms with Crippen molar-refractivity contribution in [3.63, 3.8) is 0 Å². The Balaban J connectivity index is 1.64. The van der Waals surface area contributed by atoms with E-state index in [9.17, 15) is 4.79 Å². The van der Waals surface area contributed by atoms with E-state index in [1.54, 1.807) is 0 Å². The molecule has 1 aliphatic carbocycles. The van der Waals surface area contributed by atoms with E-state index < -0.39 is 0 Å². The highest BCUT2D eigenvalue weighted by molar-refractivity contribution is 6.05. The molecule has 0 heterocycles. The summed E-state index contributed by atoms with van der Waals surface area (Å²) in [6, 6.07) is 19.0. The van der Waals surface area contributed by atoms with Gasteiger partial charge in [0.25, 0.3) is 0 Å². The van der Waals surface area contributed by atoms with Gasteiger partial charge in [-0.15, -0.1) is 0 Å². The summed E-state index contributed by atoms with van der Waals surface area (Å²) < 4.78 is 0. The van der Waals surface area contributed by atoms with Gasteiger partial charge in [-0.05, 0) is 36.8 Å². The summed E-state index contributed by atoms with van der Waals surface area (Å²) in [6.07, 6.45) is 3.05. The van der Waals surface area contributed by atoms with Gasteiger partial charge in [-0.3, -0.25) is 9.79 Å². The number of hydrogen-bond donors (Lipinski definition) is 0. The predicted molar refractivity (Wildman–Crippen MR) is 95.2 cm³/mol. The molecule has 0 aliphatic heterocycles. The van der Waals surface area contributed by atoms with Gasteiger partial charge in [-0.1, -0.05) is 60.2 Å². The molecule has 3 rings (SSSR count). The van der Waals surface area contributed by atoms with Crippen molar-refractivity contribution in [1.29, 1.82) is 0 Å². The van der Waals surface area contributed by atoms with Gasteiger partial charge >= 0.3 is 0 Å². The minimum absolute atomic E-state index is 0.298. The third-order valence-corrected chi connectivity index (χ3v) is 4.48. The molecule has 1 fully saturated rings. The first-order valence-electron chi connectivity index (χ1n) is 8.35. The normalized spacial score (nSPS) is 20.0. The highest BCUT2D eigenvalue weighted by atomic mass is 16.1. The lowest BCUT2D eigenvalue weighted by molar-refractivity contribution is -0.118. The molecule has 0 spiro atoms. The molecule has 1 atom stereocenters. The summed E-state index contributed by atoms with van der Waals surface area (Å²) in [7, 11) is 0. The second-order valence-electron chi connectivity index (χ2n) is 6.41. The zero-order chi connectivity index (χ0) is 16.1. The molecule has 2 heteroatoms. The second kappa shape index (κ2) is 7.36. The van der Waals surface area contributed by atoms with E-state index in [0.717, 1.165) is 25.1 Å². The van der Waals surface area contributed by atoms with Crippen molar-refractivity contribution >= 4 is 11.5 Å². The lowest BCUT2D eigenvalue weighted by atomic mass is 9.82. The number of hydrogen-bond acceptors (Lipinski definition) is 2. The van der Waals surface area contributed by atoms with Crippen LogP contribution in [0.2, 0.25) is 0 Å². The van der Waals surface area contributed by atoms with Gasteiger partial charge in [0, 0.05) is 25.1 Å². The number of aryl methyl sites for hydroxylation is 1. The molecule has 0 amide bonds. The van der Waals surface area contributed by atoms with Crippen LogP contribution in [0, 0.1) is 6.92 Å². The van der Waals surface area contributed by atoms with Crippen LogP contribution in [-0.2, 0) is 11.2 Å². The summed E-state index contributed by atoms with van der Waals surface area (Å²) >= 11 is 0. The molecular formula is C21H23NO. The molecule has 118 valence electrons. The topological polar surface area (TPSA) is 29.4 Å². The Morgan fingerprint density at radius 3 is 2.48 bits per heavy atom. The van der Waals surface area contributed by atoms with Crippen LogP contribution in [0.25, 0.3) is 0 Å². The van der Waals surface area contributed by atoms with Crippen molar-refractivity contribution in [2.75, 3.05) is 6.54 Å². The average molecular weight is 305 g/mol. The first kappa shape index (κ1) is 15.7. The molecule has 2 aromatic rings. The maximum Gasteiger partial charge on any atom is 0.139 e. The van der Waals surface area contributed by atoms with E-state index in [1.807, 2.05) is 6.07 Å². The quantitative estimate of drug-likeness (QED) is 0.817. The number of rotatable bonds is 4. The van der Waals surface area contributed by atoms with Gasteiger partial charge < -0.3 is 0 Å². The van der Waals surface area contributed by atoms with E-state index >= 15 is 0 Å². The highest BCUT2D eigenvalue weighted by Crippen LogP contribution is 2.30. The average Bonchev–Trinajstić information content (AvgIpc) is 2.56. The number of ketones is 1. The van der Waals surface area contributed by atoms with Crippen LogP contribution >= 0.6 is 0 Å². The highest BCUT2D eigenvalue weighted by Gasteiger charge is 2.25. The van der Waals surface area contributed by atoms with Crippen LogP contribution in [0.4, 0.5) is 0 Å². The Bertz CT molecular complexity index is 686. The van der Waals surface area contributed by atoms with Crippen molar-refractivity contribution in [2.45, 2.75) is 38.5 Å². The summed E-state index contributed by atoms with van der Waals surface area (Å²) in [5.74, 6) is 0.618. The number of Topliss-reactive ketones (excluding diaryl/α,β-unsaturated/α-hetero) is 1. The molecule has 2 nitrogen and oxygen atoms in total. The van der Waals surface area contributed by atoms with Crippen LogP contribution in [-0.4, -0.2) is 18.0 Å². The first-order chi connectivity index (χ1) is 11.2. The SMILES string of the molecule is Cc1ccc([C@H]2CC(=O)CC(=NCCc3ccccc3)C2)cc1. The van der Waals surface area contributed by atoms with Crippen LogP contribution in [0.15, 0.2) is 59.6 Å². The summed E-state index contributed by atoms with van der Waals surface area (Å²) in [6.45, 7) is 2.86. The second-order valence-corrected chi connectivity index (χ2v) is 6.41. The van der Waals surface area contributed by atoms with E-state index in [2.05, 4.69) is 55.5 Å². The largest absolute Gasteiger partial charge is 0.299 e. The summed E-state index contributed by atoms with van der Waals surface area (Å²) in [5, 5.41) is 0. The zero-order valence-corrected chi connectivity index (χ0v) is 13.7. The Morgan fingerprint density at radius 2 is 1.74 bits per heavy atom. The molecule has 0 saturated heterocycles. The smallest absolute Gasteiger partial charge is 0.139 e. The van der Waals surface area contributed by atoms with Crippen molar-refractivity contribution in [3.8, 4) is 0 Å². The number of carbonyl (C=O) groups is 1. The fourth-order valence-corrected chi connectivity index (χ4v) is 3.19. The van der Waals surface area contributed by atoms with Crippen LogP contribution in [0.1, 0.15) is 41.9 Å². The molecule has 2 aromatic carbocycles. The fraction of sp³-hybridized carbons (Fsp3) is 0.333. The van der Waals surface area contributed by atoms with Crippen molar-refractivity contribution in [1.82, 2.24) is 0 Å². The molecule has 0 radical (unpaired) electrons. The molecule has 0 N–H and O–H groups in total. The molecule has 0 aromatic heterocycles. The minimum Gasteiger partial charge on any atom is -0.299 e. The van der Waals surface area contributed by atoms with E-state index in [4.69, 9.17) is 4.99 Å². The first-order valence-corrected chi connectivity index (χ1v) is 8.35. The van der Waals surface area contributed by atoms with Crippen LogP contribution in [0.5, 0.6) is 0 Å². The Hall–Kier alpha value is -2.22. The lowest BCUT2D eigenvalue weighted by Crippen LogP contribution is -2.22. The van der Waals surface area contributed by atoms with E-state index in [-0.39, 0.29) is 0 Å². The number of nitrogens with zero attached hydrogens (tertiary/aromatic N) is 1. The molecule has 1 saturated carbocycles. The van der Waals surface area contributed by atoms with Gasteiger partial charge in [0.1, 0.15) is 5.78 Å². The molecule has 1 aliphatic rings. The number of benzene rings is 2. The third kappa shape index (κ3) is 4.38. The van der Waals surface area contributed by atoms with E-state index in [0.29, 0.717) is 24.5 Å². The minimum atomic E-state index is 0.298. The molecule has 23 heavy (non-hydrogen) atoms. The zero-order valence-electron chi connectivity index (χ0n) is 13.7. The predicted octanol–water partition coefficient (Wildman–Crippen LogP) is 4.52. The summed E-state index contributed by atoms with van der Waals surface area (Å²) in [4.78, 5) is 16.8. The summed E-state index contributed by atoms with van der Waals surface area (Å²) in [5.41, 5.74) is 4.89. The Morgan fingerprint density at radius 1 is 1.00 bits per heavy atom. The van der Waals surface area contributed by atoms with Gasteiger partial charge in [-0.25, -0.2) is 0 Å². The third-order valence-electron chi connectivity index (χ3n) is 4.48. The lowest BCUT2D eigenvalue weighted by Gasteiger charge is -2.23. The van der Waals surface area contributed by atoms with Gasteiger partial charge in [0.15, 0.2) is 0 Å². The maximum absolute atomic E-state index is 12.1. The number of carbonyl (C=O) groups excluding carboxylic acids is 1. The Kier molecular flexibility index (Phi) is 5.02. The molecule has 0 bridgehead atoms. The van der Waals surface area contributed by atoms with Crippen molar-refractivity contribution < 1.29 is 4.79 Å². The van der Waals surface area contributed by atoms with Crippen LogP contribution < -0.4 is 0 Å². The van der Waals surface area contributed by atoms with Crippen molar-refractivity contribution in [3.05, 3.63) is 71.3 Å². The Labute approximate surface area is 138 Å². The number of aliphatic imine (C=N–C) groups is 1. The monoisotopic (exact) mass is 305 g/mol. The fourth-order valence-electron chi connectivity index (χ4n) is 3.19. The van der Waals surface area contributed by atoms with Gasteiger partial charge in [-0.2, -0.15) is 0 Å². The van der Waals surface area contributed by atoms with Crippen LogP contribution in [0.3, 0.4) is 0 Å². The van der Waals surface area contributed by atoms with Gasteiger partial charge in [0.2, 0.25) is 0 Å². The van der Waals surface area contributed by atoms with Crippen molar-refractivity contribution in [2.24, 2.45) is 4.99 Å².